The van der Waals surface area contributed by atoms with E-state index in [4.69, 9.17) is 10.5 Å². The van der Waals surface area contributed by atoms with E-state index < -0.39 is 0 Å². The molecule has 0 spiro atoms. The SMILES string of the molecule is C=C/C=C(/OC)C(=C)CCC=O.CNc1sc2c(c1CN)CCN(C(=O)CCc1ccncc1)C2. The quantitative estimate of drug-likeness (QED) is 0.272. The molecule has 35 heavy (non-hydrogen) atoms. The first kappa shape index (κ1) is 28.0. The number of ether oxygens (including phenoxy) is 1. The summed E-state index contributed by atoms with van der Waals surface area (Å²) in [5.74, 6) is 0.910. The summed E-state index contributed by atoms with van der Waals surface area (Å²) < 4.78 is 5.02. The largest absolute Gasteiger partial charge is 0.497 e. The van der Waals surface area contributed by atoms with Crippen LogP contribution in [0.4, 0.5) is 5.00 Å². The molecule has 1 aliphatic rings. The number of aromatic nitrogens is 1. The van der Waals surface area contributed by atoms with Crippen molar-refractivity contribution in [2.45, 2.75) is 45.2 Å². The van der Waals surface area contributed by atoms with Crippen molar-refractivity contribution in [1.82, 2.24) is 9.88 Å². The molecule has 0 saturated heterocycles. The van der Waals surface area contributed by atoms with Gasteiger partial charge in [0.15, 0.2) is 0 Å². The van der Waals surface area contributed by atoms with E-state index in [1.807, 2.05) is 24.1 Å². The lowest BCUT2D eigenvalue weighted by molar-refractivity contribution is -0.132. The minimum Gasteiger partial charge on any atom is -0.497 e. The molecule has 8 heteroatoms. The minimum atomic E-state index is 0.223. The molecular weight excluding hydrogens is 460 g/mol. The monoisotopic (exact) mass is 496 g/mol. The molecule has 188 valence electrons. The van der Waals surface area contributed by atoms with Crippen LogP contribution in [0.5, 0.6) is 0 Å². The summed E-state index contributed by atoms with van der Waals surface area (Å²) in [6, 6.07) is 3.93. The van der Waals surface area contributed by atoms with Crippen molar-refractivity contribution in [3.05, 3.63) is 82.7 Å². The number of aldehydes is 1. The van der Waals surface area contributed by atoms with Crippen LogP contribution in [0.3, 0.4) is 0 Å². The van der Waals surface area contributed by atoms with Crippen LogP contribution in [0.1, 0.15) is 40.8 Å². The number of fused-ring (bicyclic) bond motifs is 1. The van der Waals surface area contributed by atoms with E-state index in [2.05, 4.69) is 23.5 Å². The van der Waals surface area contributed by atoms with Crippen LogP contribution in [-0.4, -0.2) is 42.8 Å². The maximum Gasteiger partial charge on any atom is 0.223 e. The van der Waals surface area contributed by atoms with Gasteiger partial charge in [0, 0.05) is 55.8 Å². The Kier molecular flexibility index (Phi) is 11.9. The van der Waals surface area contributed by atoms with E-state index in [1.54, 1.807) is 43.0 Å². The molecule has 0 saturated carbocycles. The average molecular weight is 497 g/mol. The van der Waals surface area contributed by atoms with Crippen LogP contribution >= 0.6 is 11.3 Å². The number of pyridine rings is 1. The Hall–Kier alpha value is -3.23. The molecule has 1 aliphatic heterocycles. The minimum absolute atomic E-state index is 0.223. The Morgan fingerprint density at radius 2 is 2.09 bits per heavy atom. The van der Waals surface area contributed by atoms with Gasteiger partial charge in [-0.05, 0) is 54.2 Å². The third-order valence-electron chi connectivity index (χ3n) is 5.73. The lowest BCUT2D eigenvalue weighted by Crippen LogP contribution is -2.35. The number of thiophene rings is 1. The second kappa shape index (κ2) is 14.9. The van der Waals surface area contributed by atoms with Gasteiger partial charge in [-0.3, -0.25) is 9.78 Å². The van der Waals surface area contributed by atoms with Gasteiger partial charge in [-0.1, -0.05) is 19.2 Å². The fraction of sp³-hybridized carbons (Fsp3) is 0.370. The molecule has 0 atom stereocenters. The predicted molar refractivity (Wildman–Crippen MR) is 143 cm³/mol. The third-order valence-corrected chi connectivity index (χ3v) is 7.01. The van der Waals surface area contributed by atoms with Gasteiger partial charge >= 0.3 is 0 Å². The van der Waals surface area contributed by atoms with E-state index in [9.17, 15) is 9.59 Å². The first-order valence-electron chi connectivity index (χ1n) is 11.6. The molecule has 1 amide bonds. The topological polar surface area (TPSA) is 97.5 Å². The molecule has 7 nitrogen and oxygen atoms in total. The van der Waals surface area contributed by atoms with E-state index in [0.717, 1.165) is 41.8 Å². The summed E-state index contributed by atoms with van der Waals surface area (Å²) in [4.78, 5) is 29.8. The van der Waals surface area contributed by atoms with Crippen LogP contribution in [0, 0.1) is 0 Å². The van der Waals surface area contributed by atoms with Crippen molar-refractivity contribution in [1.29, 1.82) is 0 Å². The Bertz CT molecular complexity index is 1030. The number of anilines is 1. The predicted octanol–water partition coefficient (Wildman–Crippen LogP) is 4.40. The molecular formula is C27H36N4O3S. The molecule has 3 heterocycles. The number of hydrogen-bond acceptors (Lipinski definition) is 7. The maximum atomic E-state index is 12.5. The Morgan fingerprint density at radius 1 is 1.34 bits per heavy atom. The second-order valence-corrected chi connectivity index (χ2v) is 9.07. The van der Waals surface area contributed by atoms with Gasteiger partial charge in [0.05, 0.1) is 18.7 Å². The number of methoxy groups -OCH3 is 1. The molecule has 2 aromatic heterocycles. The zero-order valence-corrected chi connectivity index (χ0v) is 21.5. The van der Waals surface area contributed by atoms with Gasteiger partial charge in [0.25, 0.3) is 0 Å². The van der Waals surface area contributed by atoms with Crippen molar-refractivity contribution in [3.63, 3.8) is 0 Å². The molecule has 3 N–H and O–H groups in total. The van der Waals surface area contributed by atoms with Crippen molar-refractivity contribution in [2.75, 3.05) is 26.0 Å². The normalized spacial score (nSPS) is 12.7. The molecule has 0 radical (unpaired) electrons. The Morgan fingerprint density at radius 3 is 2.69 bits per heavy atom. The highest BCUT2D eigenvalue weighted by atomic mass is 32.1. The number of carbonyl (C=O) groups excluding carboxylic acids is 2. The summed E-state index contributed by atoms with van der Waals surface area (Å²) in [6.45, 7) is 9.38. The zero-order chi connectivity index (χ0) is 25.6. The number of aryl methyl sites for hydroxylation is 1. The van der Waals surface area contributed by atoms with E-state index in [1.165, 1.54) is 16.0 Å². The van der Waals surface area contributed by atoms with Crippen molar-refractivity contribution in [3.8, 4) is 0 Å². The van der Waals surface area contributed by atoms with Gasteiger partial charge < -0.3 is 25.5 Å². The van der Waals surface area contributed by atoms with Gasteiger partial charge in [-0.15, -0.1) is 11.3 Å². The maximum absolute atomic E-state index is 12.5. The fourth-order valence-electron chi connectivity index (χ4n) is 3.85. The summed E-state index contributed by atoms with van der Waals surface area (Å²) in [7, 11) is 3.50. The molecule has 0 aromatic carbocycles. The number of rotatable bonds is 11. The summed E-state index contributed by atoms with van der Waals surface area (Å²) >= 11 is 1.73. The molecule has 2 aromatic rings. The lowest BCUT2D eigenvalue weighted by atomic mass is 10.0. The van der Waals surface area contributed by atoms with Gasteiger partial charge in [0.1, 0.15) is 12.0 Å². The molecule has 0 fully saturated rings. The summed E-state index contributed by atoms with van der Waals surface area (Å²) in [5, 5.41) is 4.37. The van der Waals surface area contributed by atoms with E-state index in [-0.39, 0.29) is 5.91 Å². The lowest BCUT2D eigenvalue weighted by Gasteiger charge is -2.27. The summed E-state index contributed by atoms with van der Waals surface area (Å²) in [6.07, 6.45) is 11.1. The molecule has 0 bridgehead atoms. The van der Waals surface area contributed by atoms with Crippen LogP contribution < -0.4 is 11.1 Å². The van der Waals surface area contributed by atoms with E-state index in [0.29, 0.717) is 38.1 Å². The number of nitrogens with two attached hydrogens (primary N) is 1. The number of carbonyl (C=O) groups is 2. The van der Waals surface area contributed by atoms with Crippen molar-refractivity contribution >= 4 is 28.5 Å². The summed E-state index contributed by atoms with van der Waals surface area (Å²) in [5.41, 5.74) is 10.4. The molecule has 0 unspecified atom stereocenters. The molecule has 3 rings (SSSR count). The first-order valence-corrected chi connectivity index (χ1v) is 12.5. The highest BCUT2D eigenvalue weighted by Crippen LogP contribution is 2.36. The highest BCUT2D eigenvalue weighted by Gasteiger charge is 2.25. The van der Waals surface area contributed by atoms with Gasteiger partial charge in [0.2, 0.25) is 5.91 Å². The van der Waals surface area contributed by atoms with Crippen LogP contribution in [0.25, 0.3) is 0 Å². The Balaban J connectivity index is 0.000000307. The van der Waals surface area contributed by atoms with E-state index >= 15 is 0 Å². The highest BCUT2D eigenvalue weighted by molar-refractivity contribution is 7.16. The van der Waals surface area contributed by atoms with Crippen molar-refractivity contribution < 1.29 is 14.3 Å². The number of amides is 1. The Labute approximate surface area is 212 Å². The average Bonchev–Trinajstić information content (AvgIpc) is 3.26. The van der Waals surface area contributed by atoms with Crippen LogP contribution in [0.15, 0.2) is 61.2 Å². The van der Waals surface area contributed by atoms with Gasteiger partial charge in [-0.2, -0.15) is 0 Å². The second-order valence-electron chi connectivity index (χ2n) is 7.97. The standard InChI is InChI=1S/C17H22N4OS.C10H14O2/c1-19-17-14(10-18)13-6-9-21(11-15(13)23-17)16(22)3-2-12-4-7-20-8-5-12;1-4-6-10(12-3)9(2)7-5-8-11/h4-5,7-8,19H,2-3,6,9-11,18H2,1H3;4,6,8H,1-2,5,7H2,3H3/b;10-6+. The van der Waals surface area contributed by atoms with Crippen LogP contribution in [0.2, 0.25) is 0 Å². The number of nitrogens with zero attached hydrogens (tertiary/aromatic N) is 2. The smallest absolute Gasteiger partial charge is 0.223 e. The van der Waals surface area contributed by atoms with Crippen LogP contribution in [-0.2, 0) is 40.3 Å². The van der Waals surface area contributed by atoms with Gasteiger partial charge in [-0.25, -0.2) is 0 Å². The number of allylic oxidation sites excluding steroid dienone is 3. The molecule has 0 aliphatic carbocycles. The first-order chi connectivity index (χ1) is 17.0. The number of hydrogen-bond donors (Lipinski definition) is 2. The zero-order valence-electron chi connectivity index (χ0n) is 20.7. The number of nitrogens with one attached hydrogen (secondary N) is 1. The fourth-order valence-corrected chi connectivity index (χ4v) is 5.10. The van der Waals surface area contributed by atoms with Crippen molar-refractivity contribution in [2.24, 2.45) is 5.73 Å². The third kappa shape index (κ3) is 8.19.